The van der Waals surface area contributed by atoms with E-state index in [1.54, 1.807) is 0 Å². The van der Waals surface area contributed by atoms with Gasteiger partial charge in [0.2, 0.25) is 0 Å². The van der Waals surface area contributed by atoms with Crippen LogP contribution >= 0.6 is 31.9 Å². The van der Waals surface area contributed by atoms with E-state index in [9.17, 15) is 0 Å². The molecule has 0 radical (unpaired) electrons. The Kier molecular flexibility index (Phi) is 8.80. The molecule has 1 rings (SSSR count). The molecule has 0 saturated carbocycles. The van der Waals surface area contributed by atoms with Crippen LogP contribution in [0.25, 0.3) is 0 Å². The summed E-state index contributed by atoms with van der Waals surface area (Å²) in [5.74, 6) is 1.00. The molecule has 1 atom stereocenters. The van der Waals surface area contributed by atoms with Gasteiger partial charge in [-0.25, -0.2) is 0 Å². The highest BCUT2D eigenvalue weighted by Crippen LogP contribution is 2.36. The van der Waals surface area contributed by atoms with E-state index in [1.807, 2.05) is 19.1 Å². The molecule has 0 aliphatic carbocycles. The molecule has 0 amide bonds. The summed E-state index contributed by atoms with van der Waals surface area (Å²) >= 11 is 7.35. The van der Waals surface area contributed by atoms with Gasteiger partial charge in [-0.15, -0.1) is 0 Å². The molecule has 0 heterocycles. The van der Waals surface area contributed by atoms with E-state index in [0.29, 0.717) is 11.4 Å². The highest BCUT2D eigenvalue weighted by Gasteiger charge is 2.13. The summed E-state index contributed by atoms with van der Waals surface area (Å²) in [5, 5.41) is 0. The lowest BCUT2D eigenvalue weighted by atomic mass is 10.0. The fraction of sp³-hybridized carbons (Fsp3) is 0.625. The Hall–Kier alpha value is -0.0200. The summed E-state index contributed by atoms with van der Waals surface area (Å²) in [4.78, 5) is 0.383. The number of ether oxygens (including phenoxy) is 1. The topological polar surface area (TPSA) is 9.23 Å². The Bertz CT molecular complexity index is 366. The normalized spacial score (nSPS) is 12.4. The number of hydrogen-bond acceptors (Lipinski definition) is 1. The summed E-state index contributed by atoms with van der Waals surface area (Å²) < 4.78 is 6.82. The first kappa shape index (κ1) is 17.0. The van der Waals surface area contributed by atoms with Crippen molar-refractivity contribution in [2.24, 2.45) is 0 Å². The van der Waals surface area contributed by atoms with Gasteiger partial charge in [0, 0.05) is 14.9 Å². The van der Waals surface area contributed by atoms with Gasteiger partial charge in [-0.05, 0) is 31.5 Å². The fourth-order valence-corrected chi connectivity index (χ4v) is 3.19. The van der Waals surface area contributed by atoms with Gasteiger partial charge in [0.25, 0.3) is 0 Å². The maximum Gasteiger partial charge on any atom is 0.123 e. The Balaban J connectivity index is 2.54. The van der Waals surface area contributed by atoms with Crippen LogP contribution in [0.2, 0.25) is 0 Å². The van der Waals surface area contributed by atoms with Crippen LogP contribution in [0.15, 0.2) is 22.7 Å². The van der Waals surface area contributed by atoms with Crippen LogP contribution < -0.4 is 4.74 Å². The Morgan fingerprint density at radius 3 is 2.53 bits per heavy atom. The van der Waals surface area contributed by atoms with Gasteiger partial charge in [-0.1, -0.05) is 70.9 Å². The molecule has 0 saturated heterocycles. The van der Waals surface area contributed by atoms with Gasteiger partial charge < -0.3 is 4.74 Å². The van der Waals surface area contributed by atoms with E-state index in [2.05, 4.69) is 44.8 Å². The molecule has 3 heteroatoms. The number of benzene rings is 1. The Morgan fingerprint density at radius 1 is 1.11 bits per heavy atom. The van der Waals surface area contributed by atoms with Gasteiger partial charge in [0.1, 0.15) is 5.75 Å². The highest BCUT2D eigenvalue weighted by atomic mass is 79.9. The maximum atomic E-state index is 5.71. The van der Waals surface area contributed by atoms with Gasteiger partial charge in [-0.2, -0.15) is 0 Å². The van der Waals surface area contributed by atoms with E-state index < -0.39 is 0 Å². The van der Waals surface area contributed by atoms with E-state index in [-0.39, 0.29) is 0 Å². The summed E-state index contributed by atoms with van der Waals surface area (Å²) in [5.41, 5.74) is 1.26. The SMILES string of the molecule is CCCCCCCC(Br)c1cc(Br)ccc1OCC. The van der Waals surface area contributed by atoms with Crippen molar-refractivity contribution < 1.29 is 4.74 Å². The third kappa shape index (κ3) is 6.31. The van der Waals surface area contributed by atoms with Crippen LogP contribution in [0, 0.1) is 0 Å². The number of halogens is 2. The van der Waals surface area contributed by atoms with Gasteiger partial charge >= 0.3 is 0 Å². The highest BCUT2D eigenvalue weighted by molar-refractivity contribution is 9.10. The average molecular weight is 392 g/mol. The van der Waals surface area contributed by atoms with Crippen LogP contribution in [0.3, 0.4) is 0 Å². The fourth-order valence-electron chi connectivity index (χ4n) is 2.13. The first-order chi connectivity index (χ1) is 9.19. The van der Waals surface area contributed by atoms with Gasteiger partial charge in [0.05, 0.1) is 6.61 Å². The van der Waals surface area contributed by atoms with Crippen molar-refractivity contribution in [1.29, 1.82) is 0 Å². The van der Waals surface area contributed by atoms with E-state index in [0.717, 1.165) is 10.2 Å². The molecular weight excluding hydrogens is 368 g/mol. The number of alkyl halides is 1. The minimum Gasteiger partial charge on any atom is -0.494 e. The predicted molar refractivity (Wildman–Crippen MR) is 90.4 cm³/mol. The van der Waals surface area contributed by atoms with Crippen LogP contribution in [-0.4, -0.2) is 6.61 Å². The molecule has 0 aliphatic heterocycles. The number of unbranched alkanes of at least 4 members (excludes halogenated alkanes) is 4. The van der Waals surface area contributed by atoms with Crippen molar-refractivity contribution in [3.63, 3.8) is 0 Å². The molecule has 0 bridgehead atoms. The van der Waals surface area contributed by atoms with Gasteiger partial charge in [-0.3, -0.25) is 0 Å². The van der Waals surface area contributed by atoms with Crippen molar-refractivity contribution in [1.82, 2.24) is 0 Å². The lowest BCUT2D eigenvalue weighted by Gasteiger charge is -2.15. The van der Waals surface area contributed by atoms with Crippen LogP contribution in [0.1, 0.15) is 62.8 Å². The molecule has 1 aromatic carbocycles. The molecule has 1 aromatic rings. The minimum absolute atomic E-state index is 0.383. The monoisotopic (exact) mass is 390 g/mol. The summed E-state index contributed by atoms with van der Waals surface area (Å²) in [7, 11) is 0. The van der Waals surface area contributed by atoms with Crippen molar-refractivity contribution in [2.75, 3.05) is 6.61 Å². The quantitative estimate of drug-likeness (QED) is 0.338. The van der Waals surface area contributed by atoms with Crippen LogP contribution in [0.4, 0.5) is 0 Å². The van der Waals surface area contributed by atoms with Crippen LogP contribution in [0.5, 0.6) is 5.75 Å². The summed E-state index contributed by atoms with van der Waals surface area (Å²) in [6.07, 6.45) is 7.78. The first-order valence-electron chi connectivity index (χ1n) is 7.25. The third-order valence-electron chi connectivity index (χ3n) is 3.17. The smallest absolute Gasteiger partial charge is 0.123 e. The zero-order valence-corrected chi connectivity index (χ0v) is 15.1. The lowest BCUT2D eigenvalue weighted by Crippen LogP contribution is -1.99. The molecular formula is C16H24Br2O. The zero-order chi connectivity index (χ0) is 14.1. The van der Waals surface area contributed by atoms with Crippen LogP contribution in [-0.2, 0) is 0 Å². The van der Waals surface area contributed by atoms with E-state index in [1.165, 1.54) is 44.1 Å². The average Bonchev–Trinajstić information content (AvgIpc) is 2.40. The predicted octanol–water partition coefficient (Wildman–Crippen LogP) is 6.64. The minimum atomic E-state index is 0.383. The van der Waals surface area contributed by atoms with Crippen molar-refractivity contribution >= 4 is 31.9 Å². The second-order valence-corrected chi connectivity index (χ2v) is 6.81. The van der Waals surface area contributed by atoms with Gasteiger partial charge in [0.15, 0.2) is 0 Å². The molecule has 1 unspecified atom stereocenters. The summed E-state index contributed by atoms with van der Waals surface area (Å²) in [6, 6.07) is 6.25. The number of hydrogen-bond donors (Lipinski definition) is 0. The second-order valence-electron chi connectivity index (χ2n) is 4.79. The standard InChI is InChI=1S/C16H24Br2O/c1-3-5-6-7-8-9-15(18)14-12-13(17)10-11-16(14)19-4-2/h10-12,15H,3-9H2,1-2H3. The summed E-state index contributed by atoms with van der Waals surface area (Å²) in [6.45, 7) is 4.99. The molecule has 0 aromatic heterocycles. The third-order valence-corrected chi connectivity index (χ3v) is 4.61. The number of rotatable bonds is 9. The molecule has 0 spiro atoms. The molecule has 0 N–H and O–H groups in total. The van der Waals surface area contributed by atoms with Crippen molar-refractivity contribution in [3.05, 3.63) is 28.2 Å². The molecule has 1 nitrogen and oxygen atoms in total. The largest absolute Gasteiger partial charge is 0.494 e. The van der Waals surface area contributed by atoms with E-state index in [4.69, 9.17) is 4.74 Å². The Labute approximate surface area is 134 Å². The molecule has 0 aliphatic rings. The van der Waals surface area contributed by atoms with Crippen molar-refractivity contribution in [3.8, 4) is 5.75 Å². The lowest BCUT2D eigenvalue weighted by molar-refractivity contribution is 0.336. The molecule has 108 valence electrons. The Morgan fingerprint density at radius 2 is 1.84 bits per heavy atom. The molecule has 19 heavy (non-hydrogen) atoms. The second kappa shape index (κ2) is 9.82. The maximum absolute atomic E-state index is 5.71. The van der Waals surface area contributed by atoms with Crippen molar-refractivity contribution in [2.45, 2.75) is 57.2 Å². The van der Waals surface area contributed by atoms with E-state index >= 15 is 0 Å². The zero-order valence-electron chi connectivity index (χ0n) is 11.9. The first-order valence-corrected chi connectivity index (χ1v) is 8.96. The molecule has 0 fully saturated rings.